The predicted octanol–water partition coefficient (Wildman–Crippen LogP) is 8.37. The van der Waals surface area contributed by atoms with Gasteiger partial charge in [0.1, 0.15) is 0 Å². The van der Waals surface area contributed by atoms with Crippen molar-refractivity contribution in [3.8, 4) is 0 Å². The maximum atomic E-state index is 2.85. The van der Waals surface area contributed by atoms with Gasteiger partial charge in [0.25, 0.3) is 0 Å². The summed E-state index contributed by atoms with van der Waals surface area (Å²) in [7, 11) is 2.22. The zero-order chi connectivity index (χ0) is 18.4. The second-order valence-corrected chi connectivity index (χ2v) is 24.0. The molecule has 3 aliphatic carbocycles. The Morgan fingerprint density at radius 2 is 1.42 bits per heavy atom. The highest BCUT2D eigenvalue weighted by Gasteiger charge is 2.58. The molecule has 0 aromatic rings. The van der Waals surface area contributed by atoms with Crippen LogP contribution in [0.15, 0.2) is 11.3 Å². The quantitative estimate of drug-likeness (QED) is 0.328. The van der Waals surface area contributed by atoms with Crippen molar-refractivity contribution >= 4 is 37.7 Å². The standard InChI is InChI=1S/C22H40S2Si2/c1-25(2,18-11-7-5-8-12-18)21-15-16-22(17-20(21)23-24-22)26(3,4)19-13-9-6-10-14-19/h15,18-20H,5-14,16-17H2,1-4H3. The van der Waals surface area contributed by atoms with Crippen LogP contribution in [0.5, 0.6) is 0 Å². The lowest BCUT2D eigenvalue weighted by Gasteiger charge is -2.50. The number of allylic oxidation sites excluding steroid dienone is 1. The lowest BCUT2D eigenvalue weighted by Crippen LogP contribution is -2.56. The van der Waals surface area contributed by atoms with Crippen LogP contribution in [0.4, 0.5) is 0 Å². The Bertz CT molecular complexity index is 544. The van der Waals surface area contributed by atoms with Crippen LogP contribution in [0, 0.1) is 0 Å². The van der Waals surface area contributed by atoms with Crippen molar-refractivity contribution in [2.45, 2.75) is 124 Å². The Morgan fingerprint density at radius 3 is 2.04 bits per heavy atom. The fraction of sp³-hybridized carbons (Fsp3) is 0.909. The van der Waals surface area contributed by atoms with Crippen molar-refractivity contribution in [3.05, 3.63) is 11.3 Å². The van der Waals surface area contributed by atoms with Gasteiger partial charge in [-0.25, -0.2) is 0 Å². The molecule has 0 N–H and O–H groups in total. The van der Waals surface area contributed by atoms with Crippen LogP contribution in [0.2, 0.25) is 37.3 Å². The van der Waals surface area contributed by atoms with Crippen molar-refractivity contribution in [1.82, 2.24) is 0 Å². The van der Waals surface area contributed by atoms with E-state index in [9.17, 15) is 0 Å². The van der Waals surface area contributed by atoms with Crippen LogP contribution in [0.25, 0.3) is 0 Å². The van der Waals surface area contributed by atoms with E-state index < -0.39 is 16.1 Å². The van der Waals surface area contributed by atoms with Crippen molar-refractivity contribution in [2.24, 2.45) is 0 Å². The summed E-state index contributed by atoms with van der Waals surface area (Å²) < 4.78 is 0.658. The normalized spacial score (nSPS) is 34.8. The molecule has 4 aliphatic rings. The lowest BCUT2D eigenvalue weighted by molar-refractivity contribution is 0.480. The zero-order valence-corrected chi connectivity index (χ0v) is 21.2. The second kappa shape index (κ2) is 7.61. The average Bonchev–Trinajstić information content (AvgIpc) is 3.01. The molecule has 148 valence electrons. The second-order valence-electron chi connectivity index (χ2n) is 10.8. The molecule has 0 radical (unpaired) electrons. The third-order valence-electron chi connectivity index (χ3n) is 9.01. The zero-order valence-electron chi connectivity index (χ0n) is 17.6. The molecule has 0 spiro atoms. The first-order valence-corrected chi connectivity index (χ1v) is 19.8. The molecule has 3 fully saturated rings. The molecule has 2 bridgehead atoms. The summed E-state index contributed by atoms with van der Waals surface area (Å²) in [6.07, 6.45) is 21.0. The van der Waals surface area contributed by atoms with E-state index in [2.05, 4.69) is 53.9 Å². The van der Waals surface area contributed by atoms with Crippen LogP contribution < -0.4 is 0 Å². The van der Waals surface area contributed by atoms with Crippen LogP contribution in [0.3, 0.4) is 0 Å². The molecule has 2 atom stereocenters. The predicted molar refractivity (Wildman–Crippen MR) is 128 cm³/mol. The van der Waals surface area contributed by atoms with E-state index in [1.165, 1.54) is 64.2 Å². The first kappa shape index (κ1) is 20.2. The van der Waals surface area contributed by atoms with Gasteiger partial charge in [0.05, 0.1) is 16.1 Å². The Kier molecular flexibility index (Phi) is 5.90. The van der Waals surface area contributed by atoms with Crippen LogP contribution in [0.1, 0.15) is 77.0 Å². The highest BCUT2D eigenvalue weighted by Crippen LogP contribution is 2.65. The maximum Gasteiger partial charge on any atom is 0.0796 e. The average molecular weight is 425 g/mol. The van der Waals surface area contributed by atoms with E-state index in [4.69, 9.17) is 0 Å². The largest absolute Gasteiger partial charge is 0.0895 e. The van der Waals surface area contributed by atoms with E-state index in [0.29, 0.717) is 4.37 Å². The van der Waals surface area contributed by atoms with E-state index in [1.54, 1.807) is 12.8 Å². The monoisotopic (exact) mass is 424 g/mol. The minimum Gasteiger partial charge on any atom is -0.0895 e. The van der Waals surface area contributed by atoms with Crippen molar-refractivity contribution in [2.75, 3.05) is 0 Å². The van der Waals surface area contributed by atoms with Crippen molar-refractivity contribution < 1.29 is 0 Å². The van der Waals surface area contributed by atoms with Crippen molar-refractivity contribution in [3.63, 3.8) is 0 Å². The maximum absolute atomic E-state index is 2.85. The highest BCUT2D eigenvalue weighted by molar-refractivity contribution is 8.78. The Hall–Kier alpha value is 0.874. The van der Waals surface area contributed by atoms with Crippen LogP contribution >= 0.6 is 21.6 Å². The van der Waals surface area contributed by atoms with Gasteiger partial charge in [-0.1, -0.05) is 123 Å². The molecule has 0 aromatic carbocycles. The SMILES string of the molecule is C[Si](C)(C1=CCC2([Si](C)(C)C3CCCCC3)CC1SS2)C1CCCCC1. The Morgan fingerprint density at radius 1 is 0.846 bits per heavy atom. The van der Waals surface area contributed by atoms with E-state index >= 15 is 0 Å². The molecular formula is C22H40S2Si2. The number of hydrogen-bond donors (Lipinski definition) is 0. The molecule has 0 aromatic heterocycles. The molecule has 1 heterocycles. The summed E-state index contributed by atoms with van der Waals surface area (Å²) in [6, 6.07) is 0. The number of rotatable bonds is 4. The molecule has 2 saturated carbocycles. The van der Waals surface area contributed by atoms with Crippen LogP contribution in [-0.4, -0.2) is 25.8 Å². The fourth-order valence-electron chi connectivity index (χ4n) is 6.77. The van der Waals surface area contributed by atoms with Gasteiger partial charge in [-0.15, -0.1) is 0 Å². The molecular weight excluding hydrogens is 385 g/mol. The minimum atomic E-state index is -1.25. The molecule has 1 saturated heterocycles. The lowest BCUT2D eigenvalue weighted by atomic mass is 10.00. The highest BCUT2D eigenvalue weighted by atomic mass is 33.1. The third kappa shape index (κ3) is 3.37. The molecule has 1 aliphatic heterocycles. The molecule has 4 heteroatoms. The first-order chi connectivity index (χ1) is 12.4. The van der Waals surface area contributed by atoms with Gasteiger partial charge in [-0.05, 0) is 23.9 Å². The smallest absolute Gasteiger partial charge is 0.0796 e. The number of hydrogen-bond acceptors (Lipinski definition) is 2. The Labute approximate surface area is 172 Å². The van der Waals surface area contributed by atoms with Gasteiger partial charge < -0.3 is 0 Å². The van der Waals surface area contributed by atoms with Gasteiger partial charge in [0.2, 0.25) is 0 Å². The first-order valence-electron chi connectivity index (χ1n) is 11.4. The topological polar surface area (TPSA) is 0 Å². The molecule has 26 heavy (non-hydrogen) atoms. The van der Waals surface area contributed by atoms with Gasteiger partial charge in [-0.2, -0.15) is 0 Å². The van der Waals surface area contributed by atoms with E-state index in [-0.39, 0.29) is 0 Å². The van der Waals surface area contributed by atoms with Gasteiger partial charge in [0, 0.05) is 9.62 Å². The van der Waals surface area contributed by atoms with E-state index in [1.807, 2.05) is 5.20 Å². The Balaban J connectivity index is 1.55. The van der Waals surface area contributed by atoms with Gasteiger partial charge in [0.15, 0.2) is 0 Å². The summed E-state index contributed by atoms with van der Waals surface area (Å²) in [6.45, 7) is 11.0. The van der Waals surface area contributed by atoms with Gasteiger partial charge in [-0.3, -0.25) is 0 Å². The number of fused-ring (bicyclic) bond motifs is 2. The van der Waals surface area contributed by atoms with Crippen LogP contribution in [-0.2, 0) is 0 Å². The summed E-state index contributed by atoms with van der Waals surface area (Å²) in [5, 5.41) is 2.87. The molecule has 2 unspecified atom stereocenters. The minimum absolute atomic E-state index is 0.658. The summed E-state index contributed by atoms with van der Waals surface area (Å²) in [4.78, 5) is 0. The molecule has 0 nitrogen and oxygen atoms in total. The van der Waals surface area contributed by atoms with Crippen molar-refractivity contribution in [1.29, 1.82) is 0 Å². The fourth-order valence-corrected chi connectivity index (χ4v) is 23.0. The molecule has 4 rings (SSSR count). The third-order valence-corrected chi connectivity index (χ3v) is 24.9. The van der Waals surface area contributed by atoms with E-state index in [0.717, 1.165) is 16.3 Å². The summed E-state index contributed by atoms with van der Waals surface area (Å²) in [5.41, 5.74) is 2.17. The summed E-state index contributed by atoms with van der Waals surface area (Å²) >= 11 is 0. The summed E-state index contributed by atoms with van der Waals surface area (Å²) in [5.74, 6) is 0. The van der Waals surface area contributed by atoms with Gasteiger partial charge >= 0.3 is 0 Å². The molecule has 0 amide bonds.